The van der Waals surface area contributed by atoms with Crippen molar-refractivity contribution >= 4 is 16.7 Å². The van der Waals surface area contributed by atoms with Crippen LogP contribution < -0.4 is 4.74 Å². The Morgan fingerprint density at radius 3 is 2.76 bits per heavy atom. The van der Waals surface area contributed by atoms with Crippen LogP contribution >= 0.6 is 0 Å². The van der Waals surface area contributed by atoms with E-state index < -0.39 is 0 Å². The SMILES string of the molecule is CC(=O)[C@H]1CC[C@H](Oc2cc(C)nc3cc(C)ccc23)C1. The molecule has 0 amide bonds. The highest BCUT2D eigenvalue weighted by atomic mass is 16.5. The number of rotatable bonds is 3. The van der Waals surface area contributed by atoms with Gasteiger partial charge in [-0.05, 0) is 57.7 Å². The van der Waals surface area contributed by atoms with E-state index in [9.17, 15) is 4.79 Å². The second kappa shape index (κ2) is 5.47. The van der Waals surface area contributed by atoms with Gasteiger partial charge in [0.25, 0.3) is 0 Å². The number of aryl methyl sites for hydroxylation is 2. The van der Waals surface area contributed by atoms with E-state index in [0.717, 1.165) is 41.6 Å². The molecular formula is C18H21NO2. The fourth-order valence-corrected chi connectivity index (χ4v) is 3.13. The molecular weight excluding hydrogens is 262 g/mol. The van der Waals surface area contributed by atoms with Gasteiger partial charge >= 0.3 is 0 Å². The lowest BCUT2D eigenvalue weighted by Gasteiger charge is -2.16. The van der Waals surface area contributed by atoms with Gasteiger partial charge in [0.2, 0.25) is 0 Å². The minimum Gasteiger partial charge on any atom is -0.490 e. The molecule has 2 aromatic rings. The van der Waals surface area contributed by atoms with Gasteiger partial charge in [0, 0.05) is 23.1 Å². The molecule has 3 nitrogen and oxygen atoms in total. The highest BCUT2D eigenvalue weighted by Crippen LogP contribution is 2.33. The molecule has 110 valence electrons. The van der Waals surface area contributed by atoms with Crippen molar-refractivity contribution in [3.05, 3.63) is 35.5 Å². The molecule has 1 aromatic carbocycles. The average molecular weight is 283 g/mol. The number of nitrogens with zero attached hydrogens (tertiary/aromatic N) is 1. The molecule has 0 radical (unpaired) electrons. The first-order valence-electron chi connectivity index (χ1n) is 7.58. The third-order valence-electron chi connectivity index (χ3n) is 4.31. The van der Waals surface area contributed by atoms with Crippen LogP contribution in [0.3, 0.4) is 0 Å². The Morgan fingerprint density at radius 1 is 1.24 bits per heavy atom. The molecule has 0 saturated heterocycles. The summed E-state index contributed by atoms with van der Waals surface area (Å²) in [5.74, 6) is 1.35. The standard InChI is InChI=1S/C18H21NO2/c1-11-4-7-16-17(8-11)19-12(2)9-18(16)21-15-6-5-14(10-15)13(3)20/h4,7-9,14-15H,5-6,10H2,1-3H3/t14-,15-/m0/s1. The van der Waals surface area contributed by atoms with Crippen LogP contribution in [-0.2, 0) is 4.79 Å². The normalized spacial score (nSPS) is 21.7. The number of carbonyl (C=O) groups is 1. The highest BCUT2D eigenvalue weighted by molar-refractivity contribution is 5.85. The molecule has 1 fully saturated rings. The average Bonchev–Trinajstić information content (AvgIpc) is 2.86. The number of hydrogen-bond donors (Lipinski definition) is 0. The monoisotopic (exact) mass is 283 g/mol. The van der Waals surface area contributed by atoms with Gasteiger partial charge in [-0.1, -0.05) is 6.07 Å². The van der Waals surface area contributed by atoms with Crippen LogP contribution in [0, 0.1) is 19.8 Å². The van der Waals surface area contributed by atoms with Crippen molar-refractivity contribution in [2.24, 2.45) is 5.92 Å². The summed E-state index contributed by atoms with van der Waals surface area (Å²) in [5, 5.41) is 1.05. The van der Waals surface area contributed by atoms with Gasteiger partial charge in [0.1, 0.15) is 11.5 Å². The summed E-state index contributed by atoms with van der Waals surface area (Å²) in [6, 6.07) is 8.24. The first kappa shape index (κ1) is 14.1. The van der Waals surface area contributed by atoms with E-state index in [1.807, 2.05) is 13.0 Å². The lowest BCUT2D eigenvalue weighted by molar-refractivity contribution is -0.120. The third kappa shape index (κ3) is 2.92. The molecule has 1 aliphatic rings. The molecule has 3 rings (SSSR count). The molecule has 21 heavy (non-hydrogen) atoms. The molecule has 0 unspecified atom stereocenters. The second-order valence-electron chi connectivity index (χ2n) is 6.14. The van der Waals surface area contributed by atoms with E-state index in [0.29, 0.717) is 0 Å². The zero-order valence-electron chi connectivity index (χ0n) is 12.8. The van der Waals surface area contributed by atoms with Crippen LogP contribution in [0.15, 0.2) is 24.3 Å². The van der Waals surface area contributed by atoms with Crippen molar-refractivity contribution in [3.8, 4) is 5.75 Å². The Morgan fingerprint density at radius 2 is 2.05 bits per heavy atom. The zero-order valence-corrected chi connectivity index (χ0v) is 12.8. The van der Waals surface area contributed by atoms with Crippen LogP contribution in [0.1, 0.15) is 37.4 Å². The van der Waals surface area contributed by atoms with Gasteiger partial charge in [-0.3, -0.25) is 9.78 Å². The van der Waals surface area contributed by atoms with Gasteiger partial charge in [-0.15, -0.1) is 0 Å². The number of benzene rings is 1. The number of aromatic nitrogens is 1. The zero-order chi connectivity index (χ0) is 15.0. The molecule has 0 N–H and O–H groups in total. The van der Waals surface area contributed by atoms with Gasteiger partial charge in [-0.25, -0.2) is 0 Å². The largest absolute Gasteiger partial charge is 0.490 e. The molecule has 0 aliphatic heterocycles. The Hall–Kier alpha value is -1.90. The highest BCUT2D eigenvalue weighted by Gasteiger charge is 2.29. The van der Waals surface area contributed by atoms with E-state index in [1.165, 1.54) is 5.56 Å². The smallest absolute Gasteiger partial charge is 0.133 e. The van der Waals surface area contributed by atoms with Gasteiger partial charge < -0.3 is 4.74 Å². The number of Topliss-reactive ketones (excluding diaryl/α,β-unsaturated/α-hetero) is 1. The first-order chi connectivity index (χ1) is 10.0. The quantitative estimate of drug-likeness (QED) is 0.855. The summed E-state index contributed by atoms with van der Waals surface area (Å²) in [4.78, 5) is 16.1. The minimum atomic E-state index is 0.144. The van der Waals surface area contributed by atoms with Crippen LogP contribution in [0.5, 0.6) is 5.75 Å². The molecule has 0 bridgehead atoms. The Labute approximate surface area is 125 Å². The first-order valence-corrected chi connectivity index (χ1v) is 7.58. The Balaban J connectivity index is 1.89. The summed E-state index contributed by atoms with van der Waals surface area (Å²) >= 11 is 0. The summed E-state index contributed by atoms with van der Waals surface area (Å²) in [7, 11) is 0. The number of ketones is 1. The lowest BCUT2D eigenvalue weighted by Crippen LogP contribution is -2.14. The van der Waals surface area contributed by atoms with E-state index in [4.69, 9.17) is 4.74 Å². The van der Waals surface area contributed by atoms with Gasteiger partial charge in [0.15, 0.2) is 0 Å². The number of ether oxygens (including phenoxy) is 1. The maximum Gasteiger partial charge on any atom is 0.133 e. The summed E-state index contributed by atoms with van der Waals surface area (Å²) < 4.78 is 6.20. The molecule has 1 aromatic heterocycles. The van der Waals surface area contributed by atoms with E-state index >= 15 is 0 Å². The van der Waals surface area contributed by atoms with E-state index in [-0.39, 0.29) is 17.8 Å². The Bertz CT molecular complexity index is 688. The minimum absolute atomic E-state index is 0.144. The third-order valence-corrected chi connectivity index (χ3v) is 4.31. The summed E-state index contributed by atoms with van der Waals surface area (Å²) in [6.07, 6.45) is 2.88. The fraction of sp³-hybridized carbons (Fsp3) is 0.444. The Kier molecular flexibility index (Phi) is 3.66. The van der Waals surface area contributed by atoms with E-state index in [2.05, 4.69) is 30.1 Å². The second-order valence-corrected chi connectivity index (χ2v) is 6.14. The van der Waals surface area contributed by atoms with Gasteiger partial charge in [-0.2, -0.15) is 0 Å². The number of pyridine rings is 1. The predicted octanol–water partition coefficient (Wildman–Crippen LogP) is 3.99. The van der Waals surface area contributed by atoms with Crippen molar-refractivity contribution < 1.29 is 9.53 Å². The van der Waals surface area contributed by atoms with Crippen molar-refractivity contribution in [1.29, 1.82) is 0 Å². The lowest BCUT2D eigenvalue weighted by atomic mass is 10.0. The van der Waals surface area contributed by atoms with Gasteiger partial charge in [0.05, 0.1) is 11.6 Å². The molecule has 3 heteroatoms. The topological polar surface area (TPSA) is 39.2 Å². The molecule has 2 atom stereocenters. The van der Waals surface area contributed by atoms with Crippen molar-refractivity contribution in [2.45, 2.75) is 46.1 Å². The van der Waals surface area contributed by atoms with Crippen molar-refractivity contribution in [3.63, 3.8) is 0 Å². The van der Waals surface area contributed by atoms with Crippen molar-refractivity contribution in [2.75, 3.05) is 0 Å². The molecule has 1 heterocycles. The molecule has 1 aliphatic carbocycles. The van der Waals surface area contributed by atoms with Crippen LogP contribution in [0.2, 0.25) is 0 Å². The maximum absolute atomic E-state index is 11.5. The maximum atomic E-state index is 11.5. The van der Waals surface area contributed by atoms with Crippen LogP contribution in [0.25, 0.3) is 10.9 Å². The molecule has 1 saturated carbocycles. The predicted molar refractivity (Wildman–Crippen MR) is 83.7 cm³/mol. The van der Waals surface area contributed by atoms with Crippen molar-refractivity contribution in [1.82, 2.24) is 4.98 Å². The van der Waals surface area contributed by atoms with Crippen LogP contribution in [0.4, 0.5) is 0 Å². The fourth-order valence-electron chi connectivity index (χ4n) is 3.13. The summed E-state index contributed by atoms with van der Waals surface area (Å²) in [5.41, 5.74) is 3.14. The van der Waals surface area contributed by atoms with E-state index in [1.54, 1.807) is 6.92 Å². The number of fused-ring (bicyclic) bond motifs is 1. The number of hydrogen-bond acceptors (Lipinski definition) is 3. The molecule has 0 spiro atoms. The van der Waals surface area contributed by atoms with Crippen LogP contribution in [-0.4, -0.2) is 16.9 Å². The summed E-state index contributed by atoms with van der Waals surface area (Å²) in [6.45, 7) is 5.74. The number of carbonyl (C=O) groups excluding carboxylic acids is 1.